The number of nitrogens with zero attached hydrogens (tertiary/aromatic N) is 5. The van der Waals surface area contributed by atoms with Crippen molar-refractivity contribution in [2.75, 3.05) is 0 Å². The third-order valence-electron chi connectivity index (χ3n) is 7.55. The van der Waals surface area contributed by atoms with E-state index < -0.39 is 11.0 Å². The van der Waals surface area contributed by atoms with Gasteiger partial charge in [0.05, 0.1) is 27.3 Å². The molecule has 5 aromatic carbocycles. The first-order valence-corrected chi connectivity index (χ1v) is 16.6. The van der Waals surface area contributed by atoms with E-state index in [0.717, 1.165) is 44.3 Å². The molecule has 1 unspecified atom stereocenters. The van der Waals surface area contributed by atoms with E-state index in [1.54, 1.807) is 28.4 Å². The summed E-state index contributed by atoms with van der Waals surface area (Å²) in [4.78, 5) is 10.5. The van der Waals surface area contributed by atoms with Crippen molar-refractivity contribution >= 4 is 100 Å². The normalized spacial score (nSPS) is 12.1. The fraction of sp³-hybridized carbons (Fsp3) is 0.0270. The van der Waals surface area contributed by atoms with Crippen LogP contribution in [0.3, 0.4) is 0 Å². The van der Waals surface area contributed by atoms with Gasteiger partial charge in [-0.1, -0.05) is 97.1 Å². The van der Waals surface area contributed by atoms with Gasteiger partial charge in [0, 0.05) is 26.5 Å². The lowest BCUT2D eigenvalue weighted by Crippen LogP contribution is -2.01. The van der Waals surface area contributed by atoms with E-state index in [1.807, 2.05) is 72.8 Å². The van der Waals surface area contributed by atoms with Crippen LogP contribution in [0.1, 0.15) is 39.7 Å². The Labute approximate surface area is 301 Å². The van der Waals surface area contributed by atoms with Crippen molar-refractivity contribution in [3.63, 3.8) is 0 Å². The lowest BCUT2D eigenvalue weighted by atomic mass is 9.99. The number of nitro groups is 1. The SMILES string of the molecule is O=[N+]([O-])c1cccc(C(O)c2ccc3c(/C=C/c4ccccc4)nn(S)c3c2)c1.Sn1nc(/C=C/c2ccccc2)c2ccc(I)cc21. The van der Waals surface area contributed by atoms with Crippen molar-refractivity contribution in [1.82, 2.24) is 18.4 Å². The molecule has 0 aliphatic carbocycles. The monoisotopic (exact) mass is 781 g/mol. The second kappa shape index (κ2) is 15.0. The molecule has 11 heteroatoms. The highest BCUT2D eigenvalue weighted by Gasteiger charge is 2.17. The average Bonchev–Trinajstić information content (AvgIpc) is 3.61. The Morgan fingerprint density at radius 3 is 1.75 bits per heavy atom. The van der Waals surface area contributed by atoms with Gasteiger partial charge in [-0.15, -0.1) is 0 Å². The van der Waals surface area contributed by atoms with Crippen LogP contribution in [-0.2, 0) is 0 Å². The van der Waals surface area contributed by atoms with Crippen molar-refractivity contribution in [1.29, 1.82) is 0 Å². The molecule has 1 N–H and O–H groups in total. The summed E-state index contributed by atoms with van der Waals surface area (Å²) >= 11 is 11.1. The third-order valence-corrected chi connectivity index (χ3v) is 8.83. The molecule has 2 heterocycles. The summed E-state index contributed by atoms with van der Waals surface area (Å²) in [7, 11) is 0. The van der Waals surface area contributed by atoms with E-state index in [9.17, 15) is 15.2 Å². The molecular formula is C37H28IN5O3S2. The quantitative estimate of drug-likeness (QED) is 0.0648. The Morgan fingerprint density at radius 1 is 0.667 bits per heavy atom. The highest BCUT2D eigenvalue weighted by Crippen LogP contribution is 2.30. The summed E-state index contributed by atoms with van der Waals surface area (Å²) in [5.74, 6) is 0. The van der Waals surface area contributed by atoms with Crippen LogP contribution in [0.5, 0.6) is 0 Å². The second-order valence-electron chi connectivity index (χ2n) is 10.7. The molecule has 0 spiro atoms. The summed E-state index contributed by atoms with van der Waals surface area (Å²) in [6, 6.07) is 37.8. The van der Waals surface area contributed by atoms with E-state index in [2.05, 4.69) is 94.8 Å². The number of hydrogen-bond donors (Lipinski definition) is 3. The standard InChI is InChI=1S/C22H17N3O3S.C15H11IN2S/c26-22(16-7-4-8-18(13-16)25(27)28)17-10-11-19-20(23-24(29)21(19)14-17)12-9-15-5-2-1-3-6-15;16-12-7-8-13-14(17-18(19)15(13)10-12)9-6-11-4-2-1-3-5-11/h1-14,22,26,29H;1-10,19H/b12-9+;9-6+. The van der Waals surface area contributed by atoms with Crippen molar-refractivity contribution in [2.24, 2.45) is 0 Å². The minimum Gasteiger partial charge on any atom is -0.384 e. The molecule has 48 heavy (non-hydrogen) atoms. The first-order chi connectivity index (χ1) is 23.3. The Morgan fingerprint density at radius 2 is 1.19 bits per heavy atom. The Hall–Kier alpha value is -4.69. The maximum Gasteiger partial charge on any atom is 0.269 e. The van der Waals surface area contributed by atoms with Gasteiger partial charge in [0.15, 0.2) is 0 Å². The molecule has 2 aromatic heterocycles. The van der Waals surface area contributed by atoms with Crippen LogP contribution in [0.4, 0.5) is 5.69 Å². The molecule has 7 aromatic rings. The maximum atomic E-state index is 11.0. The van der Waals surface area contributed by atoms with Gasteiger partial charge >= 0.3 is 0 Å². The molecule has 0 radical (unpaired) electrons. The number of thiol groups is 2. The molecule has 0 fully saturated rings. The van der Waals surface area contributed by atoms with Crippen LogP contribution in [0, 0.1) is 13.7 Å². The van der Waals surface area contributed by atoms with Crippen molar-refractivity contribution in [3.05, 3.63) is 169 Å². The molecule has 0 saturated carbocycles. The number of aliphatic hydroxyl groups is 1. The first-order valence-electron chi connectivity index (χ1n) is 14.7. The Kier molecular flexibility index (Phi) is 10.4. The number of hydrogen-bond acceptors (Lipinski definition) is 7. The van der Waals surface area contributed by atoms with Gasteiger partial charge in [-0.2, -0.15) is 10.2 Å². The summed E-state index contributed by atoms with van der Waals surface area (Å²) in [6.45, 7) is 0. The Bertz CT molecular complexity index is 2290. The van der Waals surface area contributed by atoms with Crippen LogP contribution in [0.2, 0.25) is 0 Å². The minimum absolute atomic E-state index is 0.0600. The zero-order chi connectivity index (χ0) is 33.6. The van der Waals surface area contributed by atoms with E-state index in [1.165, 1.54) is 19.8 Å². The predicted octanol–water partition coefficient (Wildman–Crippen LogP) is 9.39. The summed E-state index contributed by atoms with van der Waals surface area (Å²) < 4.78 is 4.27. The Balaban J connectivity index is 0.000000182. The number of halogens is 1. The number of rotatable bonds is 7. The third kappa shape index (κ3) is 7.71. The fourth-order valence-electron chi connectivity index (χ4n) is 5.13. The first kappa shape index (κ1) is 33.2. The van der Waals surface area contributed by atoms with Crippen molar-refractivity contribution in [2.45, 2.75) is 6.10 Å². The molecule has 0 amide bonds. The van der Waals surface area contributed by atoms with Crippen LogP contribution in [-0.4, -0.2) is 28.4 Å². The van der Waals surface area contributed by atoms with Gasteiger partial charge in [-0.3, -0.25) is 10.1 Å². The molecular weight excluding hydrogens is 753 g/mol. The van der Waals surface area contributed by atoms with E-state index in [0.29, 0.717) is 11.1 Å². The fourth-order valence-corrected chi connectivity index (χ4v) is 6.13. The molecule has 7 rings (SSSR count). The molecule has 0 aliphatic rings. The molecule has 0 bridgehead atoms. The van der Waals surface area contributed by atoms with Crippen molar-refractivity contribution in [3.8, 4) is 0 Å². The highest BCUT2D eigenvalue weighted by atomic mass is 127. The number of nitro benzene ring substituents is 1. The van der Waals surface area contributed by atoms with E-state index in [-0.39, 0.29) is 5.69 Å². The van der Waals surface area contributed by atoms with Gasteiger partial charge in [-0.25, -0.2) is 8.17 Å². The molecule has 8 nitrogen and oxygen atoms in total. The molecule has 238 valence electrons. The smallest absolute Gasteiger partial charge is 0.269 e. The maximum absolute atomic E-state index is 11.0. The van der Waals surface area contributed by atoms with Gasteiger partial charge in [0.2, 0.25) is 0 Å². The van der Waals surface area contributed by atoms with Crippen molar-refractivity contribution < 1.29 is 10.0 Å². The van der Waals surface area contributed by atoms with E-state index in [4.69, 9.17) is 0 Å². The zero-order valence-corrected chi connectivity index (χ0v) is 29.2. The molecule has 0 saturated heterocycles. The largest absolute Gasteiger partial charge is 0.384 e. The lowest BCUT2D eigenvalue weighted by Gasteiger charge is -2.11. The van der Waals surface area contributed by atoms with Crippen LogP contribution in [0.15, 0.2) is 121 Å². The van der Waals surface area contributed by atoms with Gasteiger partial charge in [-0.05, 0) is 107 Å². The predicted molar refractivity (Wildman–Crippen MR) is 209 cm³/mol. The zero-order valence-electron chi connectivity index (χ0n) is 25.2. The topological polar surface area (TPSA) is 99.0 Å². The number of benzene rings is 5. The number of non-ortho nitro benzene ring substituents is 1. The molecule has 1 atom stereocenters. The lowest BCUT2D eigenvalue weighted by molar-refractivity contribution is -0.385. The second-order valence-corrected chi connectivity index (χ2v) is 12.7. The number of fused-ring (bicyclic) bond motifs is 2. The molecule has 0 aliphatic heterocycles. The minimum atomic E-state index is -0.995. The van der Waals surface area contributed by atoms with Crippen LogP contribution < -0.4 is 0 Å². The summed E-state index contributed by atoms with van der Waals surface area (Å²) in [5, 5.41) is 32.6. The van der Waals surface area contributed by atoms with Gasteiger partial charge in [0.1, 0.15) is 6.10 Å². The number of aliphatic hydroxyl groups excluding tert-OH is 1. The summed E-state index contributed by atoms with van der Waals surface area (Å²) in [5.41, 5.74) is 6.68. The summed E-state index contributed by atoms with van der Waals surface area (Å²) in [6.07, 6.45) is 6.98. The van der Waals surface area contributed by atoms with Gasteiger partial charge in [0.25, 0.3) is 5.69 Å². The van der Waals surface area contributed by atoms with E-state index >= 15 is 0 Å². The highest BCUT2D eigenvalue weighted by molar-refractivity contribution is 14.1. The number of aromatic nitrogens is 4. The van der Waals surface area contributed by atoms with Crippen LogP contribution in [0.25, 0.3) is 46.1 Å². The van der Waals surface area contributed by atoms with Gasteiger partial charge < -0.3 is 5.11 Å². The van der Waals surface area contributed by atoms with Crippen LogP contribution >= 0.6 is 48.2 Å². The average molecular weight is 782 g/mol.